The molecule has 8 heteroatoms. The summed E-state index contributed by atoms with van der Waals surface area (Å²) in [5.74, 6) is -1.09. The molecule has 1 aliphatic carbocycles. The smallest absolute Gasteiger partial charge is 0.296 e. The van der Waals surface area contributed by atoms with E-state index in [9.17, 15) is 19.1 Å². The van der Waals surface area contributed by atoms with E-state index >= 15 is 0 Å². The van der Waals surface area contributed by atoms with Crippen LogP contribution in [0.4, 0.5) is 4.39 Å². The first-order chi connectivity index (χ1) is 14.8. The highest BCUT2D eigenvalue weighted by atomic mass is 19.1. The van der Waals surface area contributed by atoms with Crippen LogP contribution in [0, 0.1) is 0 Å². The van der Waals surface area contributed by atoms with Crippen molar-refractivity contribution < 1.29 is 19.0 Å². The molecule has 2 aromatic rings. The second kappa shape index (κ2) is 8.11. The summed E-state index contributed by atoms with van der Waals surface area (Å²) in [7, 11) is 0. The van der Waals surface area contributed by atoms with Gasteiger partial charge >= 0.3 is 0 Å². The minimum Gasteiger partial charge on any atom is -0.501 e. The number of rotatable bonds is 4. The number of carbonyl (C=O) groups excluding carboxylic acids is 1. The summed E-state index contributed by atoms with van der Waals surface area (Å²) in [5, 5.41) is 13.0. The number of nitrogens with zero attached hydrogens (tertiary/aromatic N) is 2. The molecule has 2 heterocycles. The monoisotopic (exact) mass is 425 g/mol. The van der Waals surface area contributed by atoms with Gasteiger partial charge in [0.15, 0.2) is 5.69 Å². The predicted molar refractivity (Wildman–Crippen MR) is 113 cm³/mol. The van der Waals surface area contributed by atoms with Gasteiger partial charge in [-0.1, -0.05) is 42.5 Å². The second-order valence-corrected chi connectivity index (χ2v) is 8.08. The third-order valence-electron chi connectivity index (χ3n) is 5.53. The quantitative estimate of drug-likeness (QED) is 0.786. The minimum absolute atomic E-state index is 0.103. The number of fused-ring (bicyclic) bond motifs is 1. The maximum Gasteiger partial charge on any atom is 0.296 e. The van der Waals surface area contributed by atoms with Crippen LogP contribution < -0.4 is 10.9 Å². The fourth-order valence-electron chi connectivity index (χ4n) is 3.91. The second-order valence-electron chi connectivity index (χ2n) is 8.08. The van der Waals surface area contributed by atoms with E-state index in [4.69, 9.17) is 4.74 Å². The van der Waals surface area contributed by atoms with Crippen molar-refractivity contribution in [1.82, 2.24) is 14.9 Å². The summed E-state index contributed by atoms with van der Waals surface area (Å²) in [6.07, 6.45) is 2.22. The zero-order valence-electron chi connectivity index (χ0n) is 17.4. The Balaban J connectivity index is 1.63. The summed E-state index contributed by atoms with van der Waals surface area (Å²) >= 11 is 0. The molecule has 1 aliphatic heterocycles. The SMILES string of the molecule is CC1(C)OCCn2c1nc(C(=O)NCC1=C(c3ccccc3)CC(F)C=C1)c(O)c2=O. The fraction of sp³-hybridized carbons (Fsp3) is 0.348. The van der Waals surface area contributed by atoms with E-state index in [2.05, 4.69) is 10.3 Å². The van der Waals surface area contributed by atoms with Crippen molar-refractivity contribution in [1.29, 1.82) is 0 Å². The normalized spacial score (nSPS) is 19.8. The van der Waals surface area contributed by atoms with Crippen LogP contribution in [-0.4, -0.2) is 39.9 Å². The van der Waals surface area contributed by atoms with Crippen molar-refractivity contribution in [2.75, 3.05) is 13.2 Å². The van der Waals surface area contributed by atoms with Crippen molar-refractivity contribution in [2.24, 2.45) is 0 Å². The Labute approximate surface area is 178 Å². The lowest BCUT2D eigenvalue weighted by molar-refractivity contribution is -0.0566. The Hall–Kier alpha value is -3.26. The van der Waals surface area contributed by atoms with Gasteiger partial charge in [0.25, 0.3) is 11.5 Å². The Kier molecular flexibility index (Phi) is 5.49. The Bertz CT molecular complexity index is 1140. The van der Waals surface area contributed by atoms with Crippen molar-refractivity contribution in [3.8, 4) is 5.75 Å². The first-order valence-corrected chi connectivity index (χ1v) is 10.1. The number of benzene rings is 1. The summed E-state index contributed by atoms with van der Waals surface area (Å²) in [4.78, 5) is 29.7. The first-order valence-electron chi connectivity index (χ1n) is 10.1. The minimum atomic E-state index is -1.09. The van der Waals surface area contributed by atoms with Crippen molar-refractivity contribution in [3.63, 3.8) is 0 Å². The number of ether oxygens (including phenoxy) is 1. The number of nitrogens with one attached hydrogen (secondary N) is 1. The summed E-state index contributed by atoms with van der Waals surface area (Å²) < 4.78 is 21.0. The Morgan fingerprint density at radius 1 is 1.35 bits per heavy atom. The summed E-state index contributed by atoms with van der Waals surface area (Å²) in [6.45, 7) is 4.17. The van der Waals surface area contributed by atoms with E-state index in [0.29, 0.717) is 6.61 Å². The van der Waals surface area contributed by atoms with Gasteiger partial charge < -0.3 is 15.2 Å². The van der Waals surface area contributed by atoms with Gasteiger partial charge in [-0.05, 0) is 30.6 Å². The Morgan fingerprint density at radius 3 is 2.84 bits per heavy atom. The van der Waals surface area contributed by atoms with E-state index in [1.165, 1.54) is 10.6 Å². The molecule has 1 atom stereocenters. The number of halogens is 1. The largest absolute Gasteiger partial charge is 0.501 e. The first kappa shape index (κ1) is 21.0. The van der Waals surface area contributed by atoms with Crippen molar-refractivity contribution in [2.45, 2.75) is 38.6 Å². The fourth-order valence-corrected chi connectivity index (χ4v) is 3.91. The average Bonchev–Trinajstić information content (AvgIpc) is 2.75. The molecule has 0 saturated carbocycles. The van der Waals surface area contributed by atoms with Gasteiger partial charge in [0, 0.05) is 13.0 Å². The van der Waals surface area contributed by atoms with Crippen LogP contribution in [0.2, 0.25) is 0 Å². The molecule has 7 nitrogen and oxygen atoms in total. The summed E-state index contributed by atoms with van der Waals surface area (Å²) in [6, 6.07) is 9.41. The maximum atomic E-state index is 14.0. The molecule has 1 amide bonds. The highest BCUT2D eigenvalue weighted by molar-refractivity contribution is 5.95. The standard InChI is InChI=1S/C23H24FN3O4/c1-23(2)22-26-18(19(28)21(30)27(22)10-11-31-23)20(29)25-13-15-8-9-16(24)12-17(15)14-6-4-3-5-7-14/h3-9,16,28H,10-13H2,1-2H3,(H,25,29). The van der Waals surface area contributed by atoms with Gasteiger partial charge in [0.05, 0.1) is 13.2 Å². The predicted octanol–water partition coefficient (Wildman–Crippen LogP) is 2.70. The van der Waals surface area contributed by atoms with Crippen LogP contribution in [0.25, 0.3) is 5.57 Å². The molecule has 2 aliphatic rings. The third kappa shape index (κ3) is 4.03. The van der Waals surface area contributed by atoms with E-state index < -0.39 is 29.0 Å². The lowest BCUT2D eigenvalue weighted by atomic mass is 9.90. The molecule has 0 spiro atoms. The van der Waals surface area contributed by atoms with Gasteiger partial charge in [-0.25, -0.2) is 9.37 Å². The van der Waals surface area contributed by atoms with Crippen LogP contribution >= 0.6 is 0 Å². The maximum absolute atomic E-state index is 14.0. The molecule has 0 saturated heterocycles. The molecule has 2 N–H and O–H groups in total. The third-order valence-corrected chi connectivity index (χ3v) is 5.53. The van der Waals surface area contributed by atoms with E-state index in [1.54, 1.807) is 19.9 Å². The average molecular weight is 425 g/mol. The van der Waals surface area contributed by atoms with Crippen LogP contribution in [0.5, 0.6) is 5.75 Å². The van der Waals surface area contributed by atoms with Crippen LogP contribution in [0.3, 0.4) is 0 Å². The number of alkyl halides is 1. The zero-order valence-corrected chi connectivity index (χ0v) is 17.4. The van der Waals surface area contributed by atoms with E-state index in [1.807, 2.05) is 30.3 Å². The van der Waals surface area contributed by atoms with Crippen LogP contribution in [0.15, 0.2) is 52.9 Å². The lowest BCUT2D eigenvalue weighted by Crippen LogP contribution is -2.42. The summed E-state index contributed by atoms with van der Waals surface area (Å²) in [5.41, 5.74) is 0.546. The van der Waals surface area contributed by atoms with Gasteiger partial charge in [0.1, 0.15) is 17.6 Å². The van der Waals surface area contributed by atoms with Crippen molar-refractivity contribution >= 4 is 11.5 Å². The highest BCUT2D eigenvalue weighted by Crippen LogP contribution is 2.30. The number of amides is 1. The number of allylic oxidation sites excluding steroid dienone is 2. The van der Waals surface area contributed by atoms with Gasteiger partial charge in [-0.3, -0.25) is 14.2 Å². The molecule has 0 fully saturated rings. The van der Waals surface area contributed by atoms with E-state index in [-0.39, 0.29) is 31.0 Å². The molecule has 1 unspecified atom stereocenters. The van der Waals surface area contributed by atoms with Gasteiger partial charge in [-0.2, -0.15) is 0 Å². The number of aromatic nitrogens is 2. The molecule has 0 bridgehead atoms. The molecular weight excluding hydrogens is 401 g/mol. The Morgan fingerprint density at radius 2 is 2.10 bits per heavy atom. The van der Waals surface area contributed by atoms with Gasteiger partial charge in [-0.15, -0.1) is 0 Å². The number of hydrogen-bond donors (Lipinski definition) is 2. The van der Waals surface area contributed by atoms with Gasteiger partial charge in [0.2, 0.25) is 5.75 Å². The molecule has 1 aromatic carbocycles. The molecule has 1 aromatic heterocycles. The van der Waals surface area contributed by atoms with Crippen LogP contribution in [-0.2, 0) is 16.9 Å². The lowest BCUT2D eigenvalue weighted by Gasteiger charge is -2.32. The highest BCUT2D eigenvalue weighted by Gasteiger charge is 2.34. The number of carbonyl (C=O) groups is 1. The van der Waals surface area contributed by atoms with Crippen LogP contribution in [0.1, 0.15) is 42.1 Å². The number of aromatic hydroxyl groups is 1. The topological polar surface area (TPSA) is 93.5 Å². The molecular formula is C23H24FN3O4. The molecule has 4 rings (SSSR count). The molecule has 31 heavy (non-hydrogen) atoms. The molecule has 162 valence electrons. The zero-order chi connectivity index (χ0) is 22.2. The molecule has 0 radical (unpaired) electrons. The number of hydrogen-bond acceptors (Lipinski definition) is 5. The van der Waals surface area contributed by atoms with E-state index in [0.717, 1.165) is 16.7 Å². The van der Waals surface area contributed by atoms with Crippen molar-refractivity contribution in [3.05, 3.63) is 75.5 Å².